The zero-order valence-electron chi connectivity index (χ0n) is 9.67. The second kappa shape index (κ2) is 6.19. The maximum absolute atomic E-state index is 12.1. The van der Waals surface area contributed by atoms with Gasteiger partial charge in [-0.05, 0) is 34.1 Å². The number of benzene rings is 1. The molecule has 0 amide bonds. The highest BCUT2D eigenvalue weighted by Gasteiger charge is 2.31. The van der Waals surface area contributed by atoms with Crippen LogP contribution in [0.25, 0.3) is 0 Å². The van der Waals surface area contributed by atoms with E-state index in [1.807, 2.05) is 0 Å². The molecule has 20 heavy (non-hydrogen) atoms. The maximum atomic E-state index is 12.1. The Morgan fingerprint density at radius 2 is 2.15 bits per heavy atom. The van der Waals surface area contributed by atoms with E-state index in [2.05, 4.69) is 31.0 Å². The molecule has 2 rings (SSSR count). The largest absolute Gasteiger partial charge is 0.573 e. The summed E-state index contributed by atoms with van der Waals surface area (Å²) < 4.78 is 41.0. The highest BCUT2D eigenvalue weighted by Crippen LogP contribution is 2.32. The predicted octanol–water partition coefficient (Wildman–Crippen LogP) is 5.07. The number of alkyl halides is 3. The summed E-state index contributed by atoms with van der Waals surface area (Å²) in [5, 5.41) is 3.81. The lowest BCUT2D eigenvalue weighted by Crippen LogP contribution is -2.17. The number of hydrogen-bond donors (Lipinski definition) is 1. The number of aromatic nitrogens is 1. The van der Waals surface area contributed by atoms with Crippen LogP contribution in [0.3, 0.4) is 0 Å². The van der Waals surface area contributed by atoms with Crippen molar-refractivity contribution < 1.29 is 17.9 Å². The summed E-state index contributed by atoms with van der Waals surface area (Å²) in [5.74, 6) is -0.291. The molecule has 0 aliphatic heterocycles. The van der Waals surface area contributed by atoms with Crippen molar-refractivity contribution in [1.29, 1.82) is 0 Å². The van der Waals surface area contributed by atoms with Gasteiger partial charge in [0.25, 0.3) is 0 Å². The summed E-state index contributed by atoms with van der Waals surface area (Å²) in [6.45, 7) is 0.434. The number of rotatable bonds is 4. The van der Waals surface area contributed by atoms with E-state index in [1.54, 1.807) is 6.20 Å². The van der Waals surface area contributed by atoms with Gasteiger partial charge in [0.2, 0.25) is 0 Å². The molecule has 0 aliphatic carbocycles. The van der Waals surface area contributed by atoms with E-state index in [0.717, 1.165) is 5.01 Å². The molecule has 3 nitrogen and oxygen atoms in total. The normalized spacial score (nSPS) is 11.4. The number of thiazole rings is 1. The van der Waals surface area contributed by atoms with E-state index in [9.17, 15) is 13.2 Å². The molecule has 0 aliphatic rings. The van der Waals surface area contributed by atoms with E-state index < -0.39 is 6.36 Å². The van der Waals surface area contributed by atoms with Crippen molar-refractivity contribution in [3.63, 3.8) is 0 Å². The molecule has 0 fully saturated rings. The molecule has 1 heterocycles. The van der Waals surface area contributed by atoms with Crippen LogP contribution in [-0.2, 0) is 6.54 Å². The van der Waals surface area contributed by atoms with Gasteiger partial charge in [-0.15, -0.1) is 24.5 Å². The SMILES string of the molecule is FC(F)(F)Oc1ccc(NCc2ncc(Cl)s2)cc1Br. The second-order valence-electron chi connectivity index (χ2n) is 3.60. The third kappa shape index (κ3) is 4.53. The highest BCUT2D eigenvalue weighted by atomic mass is 79.9. The van der Waals surface area contributed by atoms with Crippen molar-refractivity contribution in [2.24, 2.45) is 0 Å². The summed E-state index contributed by atoms with van der Waals surface area (Å²) in [7, 11) is 0. The Kier molecular flexibility index (Phi) is 4.77. The van der Waals surface area contributed by atoms with Crippen LogP contribution in [0.2, 0.25) is 4.34 Å². The first-order chi connectivity index (χ1) is 9.33. The molecule has 108 valence electrons. The third-order valence-electron chi connectivity index (χ3n) is 2.13. The Morgan fingerprint density at radius 1 is 1.40 bits per heavy atom. The smallest absolute Gasteiger partial charge is 0.405 e. The number of halogens is 5. The van der Waals surface area contributed by atoms with Crippen molar-refractivity contribution in [3.8, 4) is 5.75 Å². The van der Waals surface area contributed by atoms with Crippen LogP contribution >= 0.6 is 38.9 Å². The van der Waals surface area contributed by atoms with Crippen LogP contribution < -0.4 is 10.1 Å². The van der Waals surface area contributed by atoms with Gasteiger partial charge in [0.15, 0.2) is 0 Å². The summed E-state index contributed by atoms with van der Waals surface area (Å²) >= 11 is 10.1. The Balaban J connectivity index is 2.01. The van der Waals surface area contributed by atoms with Gasteiger partial charge in [0.05, 0.1) is 17.2 Å². The summed E-state index contributed by atoms with van der Waals surface area (Å²) in [6.07, 6.45) is -3.17. The molecule has 2 aromatic rings. The molecule has 1 aromatic heterocycles. The van der Waals surface area contributed by atoms with Crippen molar-refractivity contribution in [2.75, 3.05) is 5.32 Å². The van der Waals surface area contributed by atoms with Crippen LogP contribution in [-0.4, -0.2) is 11.3 Å². The number of ether oxygens (including phenoxy) is 1. The molecule has 0 spiro atoms. The van der Waals surface area contributed by atoms with Crippen molar-refractivity contribution >= 4 is 44.6 Å². The van der Waals surface area contributed by atoms with Crippen molar-refractivity contribution in [3.05, 3.63) is 38.2 Å². The summed E-state index contributed by atoms with van der Waals surface area (Å²) in [5.41, 5.74) is 0.637. The average Bonchev–Trinajstić information content (AvgIpc) is 2.74. The molecule has 0 unspecified atom stereocenters. The quantitative estimate of drug-likeness (QED) is 0.795. The van der Waals surface area contributed by atoms with Gasteiger partial charge in [-0.25, -0.2) is 4.98 Å². The lowest BCUT2D eigenvalue weighted by Gasteiger charge is -2.12. The third-order valence-corrected chi connectivity index (χ3v) is 3.86. The number of hydrogen-bond acceptors (Lipinski definition) is 4. The Morgan fingerprint density at radius 3 is 2.70 bits per heavy atom. The second-order valence-corrected chi connectivity index (χ2v) is 6.21. The number of nitrogens with zero attached hydrogens (tertiary/aromatic N) is 1. The lowest BCUT2D eigenvalue weighted by atomic mass is 10.3. The molecule has 0 radical (unpaired) electrons. The molecule has 0 saturated carbocycles. The molecular formula is C11H7BrClF3N2OS. The van der Waals surface area contributed by atoms with E-state index in [4.69, 9.17) is 11.6 Å². The summed E-state index contributed by atoms with van der Waals surface area (Å²) in [4.78, 5) is 4.06. The van der Waals surface area contributed by atoms with Crippen LogP contribution in [0.5, 0.6) is 5.75 Å². The molecular weight excluding hydrogens is 381 g/mol. The van der Waals surface area contributed by atoms with Gasteiger partial charge in [-0.1, -0.05) is 11.6 Å². The summed E-state index contributed by atoms with van der Waals surface area (Å²) in [6, 6.07) is 4.21. The van der Waals surface area contributed by atoms with Crippen LogP contribution in [0, 0.1) is 0 Å². The monoisotopic (exact) mass is 386 g/mol. The minimum atomic E-state index is -4.71. The van der Waals surface area contributed by atoms with Gasteiger partial charge in [-0.2, -0.15) is 0 Å². The van der Waals surface area contributed by atoms with E-state index in [0.29, 0.717) is 16.6 Å². The number of anilines is 1. The predicted molar refractivity (Wildman–Crippen MR) is 75.3 cm³/mol. The maximum Gasteiger partial charge on any atom is 0.573 e. The fourth-order valence-electron chi connectivity index (χ4n) is 1.37. The molecule has 0 bridgehead atoms. The van der Waals surface area contributed by atoms with Crippen LogP contribution in [0.1, 0.15) is 5.01 Å². The molecule has 1 aromatic carbocycles. The van der Waals surface area contributed by atoms with Crippen molar-refractivity contribution in [2.45, 2.75) is 12.9 Å². The fourth-order valence-corrected chi connectivity index (χ4v) is 2.72. The molecule has 1 N–H and O–H groups in total. The van der Waals surface area contributed by atoms with Crippen LogP contribution in [0.4, 0.5) is 18.9 Å². The minimum Gasteiger partial charge on any atom is -0.405 e. The van der Waals surface area contributed by atoms with E-state index in [-0.39, 0.29) is 10.2 Å². The number of nitrogens with one attached hydrogen (secondary N) is 1. The highest BCUT2D eigenvalue weighted by molar-refractivity contribution is 9.10. The first-order valence-electron chi connectivity index (χ1n) is 5.23. The fraction of sp³-hybridized carbons (Fsp3) is 0.182. The van der Waals surface area contributed by atoms with Gasteiger partial charge in [0.1, 0.15) is 15.1 Å². The van der Waals surface area contributed by atoms with Gasteiger partial charge in [0, 0.05) is 5.69 Å². The van der Waals surface area contributed by atoms with E-state index >= 15 is 0 Å². The van der Waals surface area contributed by atoms with Gasteiger partial charge >= 0.3 is 6.36 Å². The molecule has 9 heteroatoms. The van der Waals surface area contributed by atoms with Gasteiger partial charge < -0.3 is 10.1 Å². The molecule has 0 saturated heterocycles. The van der Waals surface area contributed by atoms with Crippen LogP contribution in [0.15, 0.2) is 28.9 Å². The topological polar surface area (TPSA) is 34.1 Å². The lowest BCUT2D eigenvalue weighted by molar-refractivity contribution is -0.274. The van der Waals surface area contributed by atoms with E-state index in [1.165, 1.54) is 29.5 Å². The zero-order chi connectivity index (χ0) is 14.8. The first kappa shape index (κ1) is 15.4. The average molecular weight is 388 g/mol. The first-order valence-corrected chi connectivity index (χ1v) is 7.21. The minimum absolute atomic E-state index is 0.206. The molecule has 0 atom stereocenters. The standard InChI is InChI=1S/C11H7BrClF3N2OS/c12-7-3-6(1-2-8(7)19-11(14,15)16)17-5-10-18-4-9(13)20-10/h1-4,17H,5H2. The Labute approximate surface area is 129 Å². The Hall–Kier alpha value is -0.990. The Bertz CT molecular complexity index is 606. The van der Waals surface area contributed by atoms with Gasteiger partial charge in [-0.3, -0.25) is 0 Å². The van der Waals surface area contributed by atoms with Crippen molar-refractivity contribution in [1.82, 2.24) is 4.98 Å². The zero-order valence-corrected chi connectivity index (χ0v) is 12.8.